The van der Waals surface area contributed by atoms with Gasteiger partial charge in [-0.1, -0.05) is 37.9 Å². The van der Waals surface area contributed by atoms with Crippen molar-refractivity contribution >= 4 is 11.6 Å². The van der Waals surface area contributed by atoms with Gasteiger partial charge in [-0.15, -0.1) is 0 Å². The molecule has 0 bridgehead atoms. The van der Waals surface area contributed by atoms with Crippen LogP contribution in [0.25, 0.3) is 0 Å². The van der Waals surface area contributed by atoms with E-state index in [0.717, 1.165) is 24.4 Å². The third kappa shape index (κ3) is 5.05. The summed E-state index contributed by atoms with van der Waals surface area (Å²) in [5.74, 6) is 0.373. The maximum atomic E-state index is 13.0. The van der Waals surface area contributed by atoms with Crippen LogP contribution in [0, 0.1) is 11.7 Å². The summed E-state index contributed by atoms with van der Waals surface area (Å²) in [5.41, 5.74) is 1.02. The Labute approximate surface area is 108 Å². The zero-order chi connectivity index (χ0) is 12.8. The second-order valence-electron chi connectivity index (χ2n) is 4.78. The molecule has 96 valence electrons. The zero-order valence-corrected chi connectivity index (χ0v) is 11.5. The van der Waals surface area contributed by atoms with E-state index in [-0.39, 0.29) is 10.8 Å². The van der Waals surface area contributed by atoms with Crippen molar-refractivity contribution in [2.45, 2.75) is 46.2 Å². The van der Waals surface area contributed by atoms with Crippen molar-refractivity contribution in [2.75, 3.05) is 0 Å². The SMILES string of the molecule is CCC(C)CC(C)NCc1ccc(F)c(Cl)c1. The van der Waals surface area contributed by atoms with Gasteiger partial charge in [0.1, 0.15) is 5.82 Å². The normalized spacial score (nSPS) is 14.6. The van der Waals surface area contributed by atoms with Gasteiger partial charge in [0, 0.05) is 12.6 Å². The Morgan fingerprint density at radius 2 is 2.06 bits per heavy atom. The molecule has 0 saturated carbocycles. The summed E-state index contributed by atoms with van der Waals surface area (Å²) < 4.78 is 13.0. The summed E-state index contributed by atoms with van der Waals surface area (Å²) in [6.07, 6.45) is 2.36. The van der Waals surface area contributed by atoms with Crippen LogP contribution in [0.5, 0.6) is 0 Å². The first-order valence-corrected chi connectivity index (χ1v) is 6.58. The largest absolute Gasteiger partial charge is 0.310 e. The standard InChI is InChI=1S/C14H21ClFN/c1-4-10(2)7-11(3)17-9-12-5-6-14(16)13(15)8-12/h5-6,8,10-11,17H,4,7,9H2,1-3H3. The molecule has 17 heavy (non-hydrogen) atoms. The van der Waals surface area contributed by atoms with Gasteiger partial charge >= 0.3 is 0 Å². The maximum absolute atomic E-state index is 13.0. The minimum absolute atomic E-state index is 0.193. The molecule has 1 aromatic rings. The Morgan fingerprint density at radius 3 is 2.65 bits per heavy atom. The quantitative estimate of drug-likeness (QED) is 0.797. The highest BCUT2D eigenvalue weighted by Gasteiger charge is 2.07. The van der Waals surface area contributed by atoms with Crippen LogP contribution in [0.1, 0.15) is 39.2 Å². The molecule has 0 amide bonds. The molecular formula is C14H21ClFN. The average Bonchev–Trinajstić information content (AvgIpc) is 2.30. The van der Waals surface area contributed by atoms with Crippen LogP contribution in [0.15, 0.2) is 18.2 Å². The third-order valence-corrected chi connectivity index (χ3v) is 3.38. The van der Waals surface area contributed by atoms with Crippen molar-refractivity contribution in [3.63, 3.8) is 0 Å². The fraction of sp³-hybridized carbons (Fsp3) is 0.571. The van der Waals surface area contributed by atoms with Gasteiger partial charge in [-0.2, -0.15) is 0 Å². The van der Waals surface area contributed by atoms with Crippen molar-refractivity contribution in [2.24, 2.45) is 5.92 Å². The van der Waals surface area contributed by atoms with Crippen LogP contribution in [0.4, 0.5) is 4.39 Å². The van der Waals surface area contributed by atoms with Gasteiger partial charge in [0.2, 0.25) is 0 Å². The summed E-state index contributed by atoms with van der Waals surface area (Å²) in [7, 11) is 0. The molecule has 1 nitrogen and oxygen atoms in total. The van der Waals surface area contributed by atoms with Crippen molar-refractivity contribution < 1.29 is 4.39 Å². The van der Waals surface area contributed by atoms with E-state index in [4.69, 9.17) is 11.6 Å². The molecule has 0 aliphatic rings. The summed E-state index contributed by atoms with van der Waals surface area (Å²) in [6, 6.07) is 5.33. The van der Waals surface area contributed by atoms with E-state index in [9.17, 15) is 4.39 Å². The van der Waals surface area contributed by atoms with E-state index in [2.05, 4.69) is 26.1 Å². The Morgan fingerprint density at radius 1 is 1.35 bits per heavy atom. The molecule has 0 aliphatic carbocycles. The second-order valence-corrected chi connectivity index (χ2v) is 5.19. The molecule has 1 rings (SSSR count). The van der Waals surface area contributed by atoms with Gasteiger partial charge in [0.25, 0.3) is 0 Å². The lowest BCUT2D eigenvalue weighted by Gasteiger charge is -2.17. The fourth-order valence-electron chi connectivity index (χ4n) is 1.80. The van der Waals surface area contributed by atoms with Crippen molar-refractivity contribution in [1.82, 2.24) is 5.32 Å². The molecule has 0 aromatic heterocycles. The van der Waals surface area contributed by atoms with Crippen LogP contribution in [0.3, 0.4) is 0 Å². The van der Waals surface area contributed by atoms with Crippen molar-refractivity contribution in [3.05, 3.63) is 34.6 Å². The lowest BCUT2D eigenvalue weighted by atomic mass is 10.0. The van der Waals surface area contributed by atoms with Gasteiger partial charge in [0.05, 0.1) is 5.02 Å². The summed E-state index contributed by atoms with van der Waals surface area (Å²) in [4.78, 5) is 0. The molecule has 0 aliphatic heterocycles. The smallest absolute Gasteiger partial charge is 0.141 e. The van der Waals surface area contributed by atoms with E-state index in [1.807, 2.05) is 0 Å². The lowest BCUT2D eigenvalue weighted by Crippen LogP contribution is -2.27. The topological polar surface area (TPSA) is 12.0 Å². The van der Waals surface area contributed by atoms with Gasteiger partial charge in [-0.05, 0) is 37.0 Å². The number of hydrogen-bond donors (Lipinski definition) is 1. The van der Waals surface area contributed by atoms with Crippen molar-refractivity contribution in [1.29, 1.82) is 0 Å². The number of benzene rings is 1. The van der Waals surface area contributed by atoms with E-state index in [1.54, 1.807) is 12.1 Å². The summed E-state index contributed by atoms with van der Waals surface area (Å²) in [6.45, 7) is 7.37. The van der Waals surface area contributed by atoms with Crippen LogP contribution in [-0.4, -0.2) is 6.04 Å². The molecule has 1 N–H and O–H groups in total. The zero-order valence-electron chi connectivity index (χ0n) is 10.8. The minimum Gasteiger partial charge on any atom is -0.310 e. The van der Waals surface area contributed by atoms with Crippen LogP contribution < -0.4 is 5.32 Å². The van der Waals surface area contributed by atoms with Crippen LogP contribution in [0.2, 0.25) is 5.02 Å². The van der Waals surface area contributed by atoms with Gasteiger partial charge in [0.15, 0.2) is 0 Å². The van der Waals surface area contributed by atoms with E-state index in [1.165, 1.54) is 12.5 Å². The lowest BCUT2D eigenvalue weighted by molar-refractivity contribution is 0.412. The highest BCUT2D eigenvalue weighted by molar-refractivity contribution is 6.30. The third-order valence-electron chi connectivity index (χ3n) is 3.09. The van der Waals surface area contributed by atoms with Gasteiger partial charge in [-0.3, -0.25) is 0 Å². The summed E-state index contributed by atoms with van der Waals surface area (Å²) >= 11 is 5.73. The molecule has 0 spiro atoms. The number of hydrogen-bond acceptors (Lipinski definition) is 1. The van der Waals surface area contributed by atoms with Crippen LogP contribution >= 0.6 is 11.6 Å². The Kier molecular flexibility index (Phi) is 5.93. The van der Waals surface area contributed by atoms with Crippen molar-refractivity contribution in [3.8, 4) is 0 Å². The Hall–Kier alpha value is -0.600. The van der Waals surface area contributed by atoms with Gasteiger partial charge < -0.3 is 5.32 Å². The molecule has 2 atom stereocenters. The Bertz CT molecular complexity index is 354. The van der Waals surface area contributed by atoms with E-state index < -0.39 is 0 Å². The fourth-order valence-corrected chi connectivity index (χ4v) is 2.00. The van der Waals surface area contributed by atoms with Gasteiger partial charge in [-0.25, -0.2) is 4.39 Å². The number of halogens is 2. The molecule has 2 unspecified atom stereocenters. The molecule has 3 heteroatoms. The first kappa shape index (κ1) is 14.5. The van der Waals surface area contributed by atoms with Crippen LogP contribution in [-0.2, 0) is 6.54 Å². The minimum atomic E-state index is -0.358. The predicted octanol–water partition coefficient (Wildman–Crippen LogP) is 4.39. The van der Waals surface area contributed by atoms with E-state index in [0.29, 0.717) is 6.04 Å². The second kappa shape index (κ2) is 6.97. The highest BCUT2D eigenvalue weighted by Crippen LogP contribution is 2.16. The molecule has 0 saturated heterocycles. The first-order chi connectivity index (χ1) is 8.02. The highest BCUT2D eigenvalue weighted by atomic mass is 35.5. The first-order valence-electron chi connectivity index (χ1n) is 6.20. The monoisotopic (exact) mass is 257 g/mol. The number of nitrogens with one attached hydrogen (secondary N) is 1. The summed E-state index contributed by atoms with van der Waals surface area (Å²) in [5, 5.41) is 3.62. The average molecular weight is 258 g/mol. The molecule has 0 fully saturated rings. The number of rotatable bonds is 6. The maximum Gasteiger partial charge on any atom is 0.141 e. The molecule has 0 radical (unpaired) electrons. The molecule has 0 heterocycles. The van der Waals surface area contributed by atoms with E-state index >= 15 is 0 Å². The predicted molar refractivity (Wildman–Crippen MR) is 71.8 cm³/mol. The molecular weight excluding hydrogens is 237 g/mol. The molecule has 1 aromatic carbocycles. The Balaban J connectivity index is 2.42.